The number of halogens is 1. The molecule has 28 heavy (non-hydrogen) atoms. The SMILES string of the molecule is CC(C)[C@@H](NC(=O)N(C)[C@H](C)c1ccc(F)cc1)c1ccc2c(c1)OCCO2. The van der Waals surface area contributed by atoms with E-state index in [1.54, 1.807) is 24.1 Å². The Bertz CT molecular complexity index is 823. The van der Waals surface area contributed by atoms with E-state index in [2.05, 4.69) is 19.2 Å². The van der Waals surface area contributed by atoms with Crippen LogP contribution in [0.2, 0.25) is 0 Å². The highest BCUT2D eigenvalue weighted by molar-refractivity contribution is 5.75. The first-order valence-corrected chi connectivity index (χ1v) is 9.55. The van der Waals surface area contributed by atoms with E-state index in [4.69, 9.17) is 9.47 Å². The highest BCUT2D eigenvalue weighted by atomic mass is 19.1. The second-order valence-electron chi connectivity index (χ2n) is 7.41. The van der Waals surface area contributed by atoms with Crippen molar-refractivity contribution >= 4 is 6.03 Å². The van der Waals surface area contributed by atoms with Crippen LogP contribution < -0.4 is 14.8 Å². The predicted molar refractivity (Wildman–Crippen MR) is 106 cm³/mol. The lowest BCUT2D eigenvalue weighted by molar-refractivity contribution is 0.170. The molecule has 0 fully saturated rings. The summed E-state index contributed by atoms with van der Waals surface area (Å²) in [5.74, 6) is 1.32. The number of nitrogens with one attached hydrogen (secondary N) is 1. The van der Waals surface area contributed by atoms with Gasteiger partial charge in [0.25, 0.3) is 0 Å². The number of nitrogens with zero attached hydrogens (tertiary/aromatic N) is 1. The number of urea groups is 1. The molecule has 1 N–H and O–H groups in total. The van der Waals surface area contributed by atoms with Gasteiger partial charge in [-0.05, 0) is 48.2 Å². The first kappa shape index (κ1) is 20.0. The molecule has 1 aliphatic rings. The molecule has 1 heterocycles. The number of rotatable bonds is 5. The maximum absolute atomic E-state index is 13.2. The van der Waals surface area contributed by atoms with Crippen LogP contribution in [0.15, 0.2) is 42.5 Å². The summed E-state index contributed by atoms with van der Waals surface area (Å²) in [6, 6.07) is 11.4. The van der Waals surface area contributed by atoms with Gasteiger partial charge in [0.1, 0.15) is 19.0 Å². The number of benzene rings is 2. The lowest BCUT2D eigenvalue weighted by Crippen LogP contribution is -2.42. The second kappa shape index (κ2) is 8.50. The summed E-state index contributed by atoms with van der Waals surface area (Å²) in [4.78, 5) is 14.5. The van der Waals surface area contributed by atoms with Crippen molar-refractivity contribution in [2.75, 3.05) is 20.3 Å². The van der Waals surface area contributed by atoms with Crippen molar-refractivity contribution in [3.8, 4) is 11.5 Å². The Labute approximate surface area is 165 Å². The van der Waals surface area contributed by atoms with E-state index in [1.807, 2.05) is 25.1 Å². The fraction of sp³-hybridized carbons (Fsp3) is 0.409. The number of amides is 2. The molecule has 0 spiro atoms. The standard InChI is InChI=1S/C22H27FN2O3/c1-14(2)21(17-7-10-19-20(13-17)28-12-11-27-19)24-22(26)25(4)15(3)16-5-8-18(23)9-6-16/h5-10,13-15,21H,11-12H2,1-4H3,(H,24,26)/t15-,21-/m1/s1. The van der Waals surface area contributed by atoms with Gasteiger partial charge < -0.3 is 19.7 Å². The van der Waals surface area contributed by atoms with Gasteiger partial charge in [0.15, 0.2) is 11.5 Å². The molecule has 2 atom stereocenters. The van der Waals surface area contributed by atoms with Crippen LogP contribution >= 0.6 is 0 Å². The van der Waals surface area contributed by atoms with Gasteiger partial charge in [0.2, 0.25) is 0 Å². The van der Waals surface area contributed by atoms with Gasteiger partial charge >= 0.3 is 6.03 Å². The van der Waals surface area contributed by atoms with Crippen LogP contribution in [0.25, 0.3) is 0 Å². The van der Waals surface area contributed by atoms with Crippen LogP contribution in [-0.4, -0.2) is 31.2 Å². The van der Waals surface area contributed by atoms with Crippen molar-refractivity contribution in [3.63, 3.8) is 0 Å². The van der Waals surface area contributed by atoms with Gasteiger partial charge in [-0.15, -0.1) is 0 Å². The average molecular weight is 386 g/mol. The molecule has 2 aromatic carbocycles. The zero-order valence-electron chi connectivity index (χ0n) is 16.7. The molecule has 3 rings (SSSR count). The Morgan fingerprint density at radius 2 is 1.61 bits per heavy atom. The molecule has 0 saturated carbocycles. The number of carbonyl (C=O) groups is 1. The van der Waals surface area contributed by atoms with E-state index in [-0.39, 0.29) is 29.8 Å². The maximum atomic E-state index is 13.2. The molecule has 0 bridgehead atoms. The Kier molecular flexibility index (Phi) is 6.07. The van der Waals surface area contributed by atoms with Gasteiger partial charge in [0.05, 0.1) is 12.1 Å². The number of hydrogen-bond acceptors (Lipinski definition) is 3. The van der Waals surface area contributed by atoms with Gasteiger partial charge in [-0.3, -0.25) is 0 Å². The molecular weight excluding hydrogens is 359 g/mol. The molecule has 2 amide bonds. The van der Waals surface area contributed by atoms with Gasteiger partial charge in [-0.2, -0.15) is 0 Å². The number of carbonyl (C=O) groups excluding carboxylic acids is 1. The molecule has 150 valence electrons. The second-order valence-corrected chi connectivity index (χ2v) is 7.41. The highest BCUT2D eigenvalue weighted by Crippen LogP contribution is 2.34. The molecular formula is C22H27FN2O3. The first-order chi connectivity index (χ1) is 13.4. The fourth-order valence-electron chi connectivity index (χ4n) is 3.26. The lowest BCUT2D eigenvalue weighted by atomic mass is 9.95. The summed E-state index contributed by atoms with van der Waals surface area (Å²) < 4.78 is 24.4. The van der Waals surface area contributed by atoms with E-state index in [0.717, 1.165) is 16.9 Å². The minimum Gasteiger partial charge on any atom is -0.486 e. The van der Waals surface area contributed by atoms with E-state index in [0.29, 0.717) is 19.0 Å². The average Bonchev–Trinajstić information content (AvgIpc) is 2.70. The molecule has 5 nitrogen and oxygen atoms in total. The molecule has 0 aromatic heterocycles. The van der Waals surface area contributed by atoms with Crippen molar-refractivity contribution in [1.29, 1.82) is 0 Å². The van der Waals surface area contributed by atoms with Crippen LogP contribution in [0, 0.1) is 11.7 Å². The predicted octanol–water partition coefficient (Wildman–Crippen LogP) is 4.70. The Balaban J connectivity index is 1.74. The Morgan fingerprint density at radius 1 is 1.00 bits per heavy atom. The van der Waals surface area contributed by atoms with Crippen molar-refractivity contribution in [2.24, 2.45) is 5.92 Å². The van der Waals surface area contributed by atoms with Crippen LogP contribution in [0.5, 0.6) is 11.5 Å². The summed E-state index contributed by atoms with van der Waals surface area (Å²) in [5, 5.41) is 3.12. The smallest absolute Gasteiger partial charge is 0.318 e. The summed E-state index contributed by atoms with van der Waals surface area (Å²) in [7, 11) is 1.74. The van der Waals surface area contributed by atoms with E-state index >= 15 is 0 Å². The molecule has 0 unspecified atom stereocenters. The van der Waals surface area contributed by atoms with Crippen LogP contribution in [0.4, 0.5) is 9.18 Å². The molecule has 0 aliphatic carbocycles. The van der Waals surface area contributed by atoms with Crippen molar-refractivity contribution in [3.05, 3.63) is 59.4 Å². The zero-order valence-corrected chi connectivity index (χ0v) is 16.7. The van der Waals surface area contributed by atoms with Gasteiger partial charge in [-0.25, -0.2) is 9.18 Å². The van der Waals surface area contributed by atoms with Crippen molar-refractivity contribution < 1.29 is 18.7 Å². The summed E-state index contributed by atoms with van der Waals surface area (Å²) in [5.41, 5.74) is 1.84. The normalized spacial score (nSPS) is 15.1. The monoisotopic (exact) mass is 386 g/mol. The van der Waals surface area contributed by atoms with Crippen LogP contribution in [0.1, 0.15) is 44.0 Å². The third kappa shape index (κ3) is 4.38. The van der Waals surface area contributed by atoms with Crippen LogP contribution in [0.3, 0.4) is 0 Å². The van der Waals surface area contributed by atoms with Gasteiger partial charge in [-0.1, -0.05) is 32.0 Å². The Hall–Kier alpha value is -2.76. The maximum Gasteiger partial charge on any atom is 0.318 e. The first-order valence-electron chi connectivity index (χ1n) is 9.55. The zero-order chi connectivity index (χ0) is 20.3. The minimum absolute atomic E-state index is 0.175. The number of fused-ring (bicyclic) bond motifs is 1. The number of ether oxygens (including phenoxy) is 2. The largest absolute Gasteiger partial charge is 0.486 e. The van der Waals surface area contributed by atoms with Crippen LogP contribution in [-0.2, 0) is 0 Å². The summed E-state index contributed by atoms with van der Waals surface area (Å²) in [6.45, 7) is 7.10. The molecule has 0 radical (unpaired) electrons. The number of hydrogen-bond donors (Lipinski definition) is 1. The molecule has 0 saturated heterocycles. The van der Waals surface area contributed by atoms with E-state index in [9.17, 15) is 9.18 Å². The van der Waals surface area contributed by atoms with Crippen molar-refractivity contribution in [1.82, 2.24) is 10.2 Å². The minimum atomic E-state index is -0.290. The summed E-state index contributed by atoms with van der Waals surface area (Å²) >= 11 is 0. The van der Waals surface area contributed by atoms with E-state index < -0.39 is 0 Å². The fourth-order valence-corrected chi connectivity index (χ4v) is 3.26. The summed E-state index contributed by atoms with van der Waals surface area (Å²) in [6.07, 6.45) is 0. The van der Waals surface area contributed by atoms with Gasteiger partial charge in [0, 0.05) is 7.05 Å². The quantitative estimate of drug-likeness (QED) is 0.811. The van der Waals surface area contributed by atoms with E-state index in [1.165, 1.54) is 12.1 Å². The topological polar surface area (TPSA) is 50.8 Å². The van der Waals surface area contributed by atoms with Crippen molar-refractivity contribution in [2.45, 2.75) is 32.9 Å². The molecule has 1 aliphatic heterocycles. The molecule has 2 aromatic rings. The highest BCUT2D eigenvalue weighted by Gasteiger charge is 2.25. The Morgan fingerprint density at radius 3 is 2.25 bits per heavy atom. The third-order valence-corrected chi connectivity index (χ3v) is 5.12. The molecule has 6 heteroatoms. The third-order valence-electron chi connectivity index (χ3n) is 5.12. The lowest BCUT2D eigenvalue weighted by Gasteiger charge is -2.30.